The van der Waals surface area contributed by atoms with Gasteiger partial charge in [-0.1, -0.05) is 54.6 Å². The summed E-state index contributed by atoms with van der Waals surface area (Å²) in [6, 6.07) is 22.8. The first-order valence-electron chi connectivity index (χ1n) is 20.0. The van der Waals surface area contributed by atoms with Crippen LogP contribution in [0.5, 0.6) is 0 Å². The number of aromatic amines is 1. The zero-order valence-electron chi connectivity index (χ0n) is 31.5. The van der Waals surface area contributed by atoms with Crippen LogP contribution in [0.2, 0.25) is 0 Å². The first-order chi connectivity index (χ1) is 26.7. The number of nitrogens with zero attached hydrogens (tertiary/aromatic N) is 1. The summed E-state index contributed by atoms with van der Waals surface area (Å²) in [6.45, 7) is 6.61. The summed E-state index contributed by atoms with van der Waals surface area (Å²) < 4.78 is 0. The minimum Gasteiger partial charge on any atom is -0.481 e. The molecule has 3 aliphatic rings. The van der Waals surface area contributed by atoms with Crippen LogP contribution in [0, 0.1) is 35.5 Å². The molecular weight excluding hydrogens is 695 g/mol. The molecule has 0 radical (unpaired) electrons. The molecule has 0 amide bonds. The van der Waals surface area contributed by atoms with E-state index in [-0.39, 0.29) is 17.8 Å². The number of aromatic nitrogens is 1. The van der Waals surface area contributed by atoms with Crippen LogP contribution in [0.25, 0.3) is 10.9 Å². The first-order valence-corrected chi connectivity index (χ1v) is 20.0. The van der Waals surface area contributed by atoms with Gasteiger partial charge in [0.25, 0.3) is 0 Å². The number of nitrogens with one attached hydrogen (secondary N) is 4. The van der Waals surface area contributed by atoms with E-state index < -0.39 is 35.7 Å². The number of carboxylic acids is 3. The van der Waals surface area contributed by atoms with Crippen molar-refractivity contribution in [3.8, 4) is 0 Å². The molecule has 3 fully saturated rings. The van der Waals surface area contributed by atoms with Gasteiger partial charge in [0.1, 0.15) is 0 Å². The molecule has 0 aliphatic carbocycles. The van der Waals surface area contributed by atoms with Crippen LogP contribution in [-0.2, 0) is 53.3 Å². The van der Waals surface area contributed by atoms with E-state index in [9.17, 15) is 29.7 Å². The molecule has 55 heavy (non-hydrogen) atoms. The van der Waals surface area contributed by atoms with E-state index >= 15 is 0 Å². The molecule has 7 N–H and O–H groups in total. The molecule has 6 atom stereocenters. The molecule has 3 aliphatic heterocycles. The molecule has 4 aromatic rings. The normalized spacial score (nSPS) is 21.6. The van der Waals surface area contributed by atoms with Crippen LogP contribution in [-0.4, -0.2) is 82.4 Å². The van der Waals surface area contributed by atoms with Crippen LogP contribution in [0.3, 0.4) is 0 Å². The van der Waals surface area contributed by atoms with Crippen molar-refractivity contribution in [1.82, 2.24) is 25.8 Å². The number of aliphatic carboxylic acids is 3. The number of H-pyrrole nitrogens is 1. The predicted molar refractivity (Wildman–Crippen MR) is 212 cm³/mol. The quantitative estimate of drug-likeness (QED) is 0.0742. The van der Waals surface area contributed by atoms with Crippen molar-refractivity contribution in [2.24, 2.45) is 35.5 Å². The number of benzene rings is 3. The van der Waals surface area contributed by atoms with E-state index in [1.54, 1.807) is 0 Å². The second-order valence-electron chi connectivity index (χ2n) is 16.2. The highest BCUT2D eigenvalue weighted by atomic mass is 16.4. The van der Waals surface area contributed by atoms with Gasteiger partial charge in [-0.15, -0.1) is 0 Å². The Bertz CT molecular complexity index is 1860. The standard InChI is InChI=1S/C44H55N5O6/c50-42(51)38(33-9-12-45-21-33)18-28-3-1-5-31(15-28)25-49(26-32-6-2-4-29(16-32)19-39(43(52)53)34-10-13-46-22-34)27-36-24-48-41-8-7-30(17-37(36)41)20-40(44(54)55)35-11-14-47-23-35/h1-8,15-17,24,33-35,38-40,45-48H,9-14,18-23,25-27H2,(H,50,51)(H,52,53)(H,54,55). The summed E-state index contributed by atoms with van der Waals surface area (Å²) in [5.41, 5.74) is 7.34. The lowest BCUT2D eigenvalue weighted by atomic mass is 9.86. The summed E-state index contributed by atoms with van der Waals surface area (Å²) in [4.78, 5) is 42.8. The van der Waals surface area contributed by atoms with E-state index in [1.807, 2.05) is 36.5 Å². The lowest BCUT2D eigenvalue weighted by Crippen LogP contribution is -2.27. The fourth-order valence-corrected chi connectivity index (χ4v) is 9.31. The molecule has 292 valence electrons. The monoisotopic (exact) mass is 749 g/mol. The third-order valence-electron chi connectivity index (χ3n) is 12.3. The summed E-state index contributed by atoms with van der Waals surface area (Å²) in [6.07, 6.45) is 6.11. The molecule has 0 bridgehead atoms. The molecule has 4 heterocycles. The average molecular weight is 750 g/mol. The summed E-state index contributed by atoms with van der Waals surface area (Å²) in [5, 5.41) is 41.4. The van der Waals surface area contributed by atoms with Crippen molar-refractivity contribution in [1.29, 1.82) is 0 Å². The van der Waals surface area contributed by atoms with Gasteiger partial charge in [0, 0.05) is 36.7 Å². The fourth-order valence-electron chi connectivity index (χ4n) is 9.31. The van der Waals surface area contributed by atoms with E-state index in [1.165, 1.54) is 0 Å². The number of hydrogen-bond donors (Lipinski definition) is 7. The highest BCUT2D eigenvalue weighted by Crippen LogP contribution is 2.30. The Balaban J connectivity index is 1.15. The third kappa shape index (κ3) is 9.83. The minimum absolute atomic E-state index is 0.113. The van der Waals surface area contributed by atoms with Crippen LogP contribution in [0.1, 0.15) is 52.6 Å². The molecular formula is C44H55N5O6. The first kappa shape index (κ1) is 38.7. The number of fused-ring (bicyclic) bond motifs is 1. The smallest absolute Gasteiger partial charge is 0.307 e. The minimum atomic E-state index is -0.747. The van der Waals surface area contributed by atoms with Crippen LogP contribution in [0.4, 0.5) is 0 Å². The highest BCUT2D eigenvalue weighted by molar-refractivity contribution is 5.84. The third-order valence-corrected chi connectivity index (χ3v) is 12.3. The van der Waals surface area contributed by atoms with Gasteiger partial charge in [-0.25, -0.2) is 0 Å². The van der Waals surface area contributed by atoms with Crippen molar-refractivity contribution >= 4 is 28.8 Å². The van der Waals surface area contributed by atoms with Gasteiger partial charge in [-0.2, -0.15) is 0 Å². The highest BCUT2D eigenvalue weighted by Gasteiger charge is 2.33. The van der Waals surface area contributed by atoms with Crippen LogP contribution in [0.15, 0.2) is 72.9 Å². The number of rotatable bonds is 18. The van der Waals surface area contributed by atoms with Crippen LogP contribution >= 0.6 is 0 Å². The van der Waals surface area contributed by atoms with E-state index in [4.69, 9.17) is 0 Å². The van der Waals surface area contributed by atoms with E-state index in [2.05, 4.69) is 62.2 Å². The van der Waals surface area contributed by atoms with Crippen molar-refractivity contribution in [2.75, 3.05) is 39.3 Å². The Hall–Kier alpha value is -4.55. The van der Waals surface area contributed by atoms with Gasteiger partial charge in [0.05, 0.1) is 17.8 Å². The molecule has 11 nitrogen and oxygen atoms in total. The molecule has 6 unspecified atom stereocenters. The largest absolute Gasteiger partial charge is 0.481 e. The van der Waals surface area contributed by atoms with Crippen molar-refractivity contribution in [3.63, 3.8) is 0 Å². The molecule has 7 rings (SSSR count). The molecule has 3 saturated heterocycles. The SMILES string of the molecule is O=C(O)C(Cc1cccc(CN(Cc2cccc(CC(C(=O)O)C3CCNC3)c2)Cc2c[nH]c3ccc(CC(C(=O)O)C4CCNC4)cc23)c1)C1CCNC1. The lowest BCUT2D eigenvalue weighted by Gasteiger charge is -2.24. The van der Waals surface area contributed by atoms with Gasteiger partial charge in [0.15, 0.2) is 0 Å². The summed E-state index contributed by atoms with van der Waals surface area (Å²) in [7, 11) is 0. The molecule has 1 aromatic heterocycles. The van der Waals surface area contributed by atoms with Crippen molar-refractivity contribution < 1.29 is 29.7 Å². The van der Waals surface area contributed by atoms with Gasteiger partial charge in [-0.3, -0.25) is 19.3 Å². The zero-order chi connectivity index (χ0) is 38.3. The van der Waals surface area contributed by atoms with Crippen molar-refractivity contribution in [3.05, 3.63) is 106 Å². The van der Waals surface area contributed by atoms with E-state index in [0.29, 0.717) is 38.9 Å². The summed E-state index contributed by atoms with van der Waals surface area (Å²) in [5.74, 6) is -3.22. The average Bonchev–Trinajstić information content (AvgIpc) is 4.01. The topological polar surface area (TPSA) is 167 Å². The van der Waals surface area contributed by atoms with Gasteiger partial charge >= 0.3 is 17.9 Å². The maximum absolute atomic E-state index is 12.3. The Morgan fingerprint density at radius 1 is 0.582 bits per heavy atom. The molecule has 11 heteroatoms. The zero-order valence-corrected chi connectivity index (χ0v) is 31.5. The fraction of sp³-hybridized carbons (Fsp3) is 0.477. The maximum atomic E-state index is 12.3. The molecule has 0 saturated carbocycles. The Morgan fingerprint density at radius 3 is 1.44 bits per heavy atom. The van der Waals surface area contributed by atoms with Gasteiger partial charge in [0.2, 0.25) is 0 Å². The van der Waals surface area contributed by atoms with Crippen LogP contribution < -0.4 is 16.0 Å². The maximum Gasteiger partial charge on any atom is 0.307 e. The Labute approximate surface area is 322 Å². The van der Waals surface area contributed by atoms with Gasteiger partial charge < -0.3 is 36.3 Å². The Kier molecular flexibility index (Phi) is 12.6. The number of carboxylic acid groups (broad SMARTS) is 3. The summed E-state index contributed by atoms with van der Waals surface area (Å²) >= 11 is 0. The molecule has 0 spiro atoms. The number of hydrogen-bond acceptors (Lipinski definition) is 7. The van der Waals surface area contributed by atoms with Gasteiger partial charge in [-0.05, 0) is 141 Å². The predicted octanol–water partition coefficient (Wildman–Crippen LogP) is 4.93. The molecule has 3 aromatic carbocycles. The van der Waals surface area contributed by atoms with E-state index in [0.717, 1.165) is 103 Å². The number of carbonyl (C=O) groups is 3. The lowest BCUT2D eigenvalue weighted by molar-refractivity contribution is -0.144. The second kappa shape index (κ2) is 17.9. The second-order valence-corrected chi connectivity index (χ2v) is 16.2. The Morgan fingerprint density at radius 2 is 1.02 bits per heavy atom. The van der Waals surface area contributed by atoms with Crippen molar-refractivity contribution in [2.45, 2.75) is 58.2 Å².